The number of fused-ring (bicyclic) bond motifs is 1. The first kappa shape index (κ1) is 26.1. The number of hydrogen-bond acceptors (Lipinski definition) is 6. The molecule has 2 saturated carbocycles. The summed E-state index contributed by atoms with van der Waals surface area (Å²) in [6.45, 7) is 0.613. The summed E-state index contributed by atoms with van der Waals surface area (Å²) < 4.78 is 6.08. The Morgan fingerprint density at radius 1 is 1.08 bits per heavy atom. The molecule has 5 rings (SSSR count). The van der Waals surface area contributed by atoms with E-state index < -0.39 is 0 Å². The second kappa shape index (κ2) is 11.9. The van der Waals surface area contributed by atoms with Crippen molar-refractivity contribution in [3.8, 4) is 17.6 Å². The zero-order valence-corrected chi connectivity index (χ0v) is 22.4. The molecule has 1 atom stereocenters. The third kappa shape index (κ3) is 5.96. The fraction of sp³-hybridized carbons (Fsp3) is 0.516. The molecule has 0 aromatic heterocycles. The van der Waals surface area contributed by atoms with Crippen LogP contribution in [0.5, 0.6) is 11.5 Å². The molecular weight excluding hydrogens is 474 g/mol. The third-order valence-electron chi connectivity index (χ3n) is 8.70. The number of para-hydroxylation sites is 1. The predicted octanol–water partition coefficient (Wildman–Crippen LogP) is 6.12. The highest BCUT2D eigenvalue weighted by molar-refractivity contribution is 5.85. The Labute approximate surface area is 226 Å². The van der Waals surface area contributed by atoms with Crippen LogP contribution in [0, 0.1) is 23.2 Å². The number of aliphatic imine (C=N–C) groups is 1. The van der Waals surface area contributed by atoms with Gasteiger partial charge in [-0.2, -0.15) is 5.26 Å². The van der Waals surface area contributed by atoms with E-state index in [-0.39, 0.29) is 23.9 Å². The van der Waals surface area contributed by atoms with Crippen molar-refractivity contribution in [2.24, 2.45) is 22.6 Å². The molecule has 7 nitrogen and oxygen atoms in total. The average molecular weight is 514 g/mol. The van der Waals surface area contributed by atoms with Crippen molar-refractivity contribution in [2.45, 2.75) is 82.8 Å². The van der Waals surface area contributed by atoms with E-state index in [9.17, 15) is 10.1 Å². The molecule has 1 heterocycles. The summed E-state index contributed by atoms with van der Waals surface area (Å²) in [5.41, 5.74) is 8.50. The van der Waals surface area contributed by atoms with Gasteiger partial charge in [-0.1, -0.05) is 37.5 Å². The fourth-order valence-electron chi connectivity index (χ4n) is 6.39. The van der Waals surface area contributed by atoms with Crippen LogP contribution in [-0.2, 0) is 11.3 Å². The van der Waals surface area contributed by atoms with Gasteiger partial charge < -0.3 is 20.3 Å². The van der Waals surface area contributed by atoms with Gasteiger partial charge in [0.05, 0.1) is 11.8 Å². The van der Waals surface area contributed by atoms with Gasteiger partial charge in [0.1, 0.15) is 11.5 Å². The molecule has 1 aliphatic heterocycles. The average Bonchev–Trinajstić information content (AvgIpc) is 2.96. The van der Waals surface area contributed by atoms with E-state index >= 15 is 0 Å². The fourth-order valence-corrected chi connectivity index (χ4v) is 6.39. The largest absolute Gasteiger partial charge is 0.457 e. The number of nitrogens with two attached hydrogens (primary N) is 1. The predicted molar refractivity (Wildman–Crippen MR) is 149 cm³/mol. The molecule has 0 bridgehead atoms. The highest BCUT2D eigenvalue weighted by Crippen LogP contribution is 2.37. The SMILES string of the molecule is CN(C(=O)C[C@@H](C1CCCCC1)N1Cc2cc(Oc3ccccc3)ccc2N=C1N)C1CCC(C#N)CC1. The minimum Gasteiger partial charge on any atom is -0.457 e. The van der Waals surface area contributed by atoms with Crippen molar-refractivity contribution in [3.05, 3.63) is 54.1 Å². The van der Waals surface area contributed by atoms with Gasteiger partial charge in [0.2, 0.25) is 5.91 Å². The van der Waals surface area contributed by atoms with Crippen molar-refractivity contribution < 1.29 is 9.53 Å². The number of carbonyl (C=O) groups is 1. The number of amides is 1. The minimum absolute atomic E-state index is 0.0105. The number of ether oxygens (including phenoxy) is 1. The molecule has 2 N–H and O–H groups in total. The quantitative estimate of drug-likeness (QED) is 0.481. The van der Waals surface area contributed by atoms with Gasteiger partial charge in [0.25, 0.3) is 0 Å². The first-order chi connectivity index (χ1) is 18.5. The molecule has 1 amide bonds. The topological polar surface area (TPSA) is 94.9 Å². The van der Waals surface area contributed by atoms with Gasteiger partial charge in [-0.3, -0.25) is 4.79 Å². The Balaban J connectivity index is 1.33. The summed E-state index contributed by atoms with van der Waals surface area (Å²) in [7, 11) is 1.94. The van der Waals surface area contributed by atoms with E-state index in [4.69, 9.17) is 15.5 Å². The molecule has 0 radical (unpaired) electrons. The van der Waals surface area contributed by atoms with Crippen LogP contribution in [0.4, 0.5) is 5.69 Å². The number of nitriles is 1. The van der Waals surface area contributed by atoms with Gasteiger partial charge in [-0.25, -0.2) is 4.99 Å². The molecule has 2 aliphatic carbocycles. The van der Waals surface area contributed by atoms with Gasteiger partial charge in [0, 0.05) is 43.6 Å². The van der Waals surface area contributed by atoms with Crippen LogP contribution in [0.1, 0.15) is 69.8 Å². The lowest BCUT2D eigenvalue weighted by Gasteiger charge is -2.42. The van der Waals surface area contributed by atoms with Crippen LogP contribution < -0.4 is 10.5 Å². The maximum atomic E-state index is 13.6. The molecule has 2 aromatic rings. The number of nitrogens with zero attached hydrogens (tertiary/aromatic N) is 4. The Kier molecular flexibility index (Phi) is 8.17. The molecular formula is C31H39N5O2. The molecule has 0 saturated heterocycles. The second-order valence-electron chi connectivity index (χ2n) is 11.1. The highest BCUT2D eigenvalue weighted by atomic mass is 16.5. The molecule has 200 valence electrons. The molecule has 3 aliphatic rings. The van der Waals surface area contributed by atoms with Crippen molar-refractivity contribution in [3.63, 3.8) is 0 Å². The van der Waals surface area contributed by atoms with E-state index in [0.29, 0.717) is 24.8 Å². The first-order valence-corrected chi connectivity index (χ1v) is 14.1. The summed E-state index contributed by atoms with van der Waals surface area (Å²) in [6, 6.07) is 18.3. The van der Waals surface area contributed by atoms with Gasteiger partial charge in [0.15, 0.2) is 5.96 Å². The number of hydrogen-bond donors (Lipinski definition) is 1. The van der Waals surface area contributed by atoms with E-state index in [1.54, 1.807) is 0 Å². The molecule has 2 fully saturated rings. The molecule has 38 heavy (non-hydrogen) atoms. The van der Waals surface area contributed by atoms with Crippen LogP contribution in [0.2, 0.25) is 0 Å². The summed E-state index contributed by atoms with van der Waals surface area (Å²) in [5, 5.41) is 9.25. The van der Waals surface area contributed by atoms with Gasteiger partial charge in [-0.15, -0.1) is 0 Å². The van der Waals surface area contributed by atoms with Crippen molar-refractivity contribution >= 4 is 17.6 Å². The first-order valence-electron chi connectivity index (χ1n) is 14.1. The maximum absolute atomic E-state index is 13.6. The second-order valence-corrected chi connectivity index (χ2v) is 11.1. The monoisotopic (exact) mass is 513 g/mol. The van der Waals surface area contributed by atoms with Crippen LogP contribution in [0.3, 0.4) is 0 Å². The minimum atomic E-state index is 0.0105. The van der Waals surface area contributed by atoms with Gasteiger partial charge in [-0.05, 0) is 74.8 Å². The van der Waals surface area contributed by atoms with E-state index in [0.717, 1.165) is 61.3 Å². The standard InChI is InChI=1S/C31H39N5O2/c1-35(25-14-12-22(20-32)13-15-25)30(37)19-29(23-8-4-2-5-9-23)36-21-24-18-27(16-17-28(24)34-31(36)33)38-26-10-6-3-7-11-26/h3,6-7,10-11,16-18,22-23,25,29H,2,4-5,8-9,12-15,19,21H2,1H3,(H2,33,34)/t22?,25?,29-/m0/s1. The summed E-state index contributed by atoms with van der Waals surface area (Å²) in [4.78, 5) is 22.5. The van der Waals surface area contributed by atoms with E-state index in [1.165, 1.54) is 19.3 Å². The van der Waals surface area contributed by atoms with Crippen molar-refractivity contribution in [1.82, 2.24) is 9.80 Å². The number of guanidine groups is 1. The van der Waals surface area contributed by atoms with Crippen LogP contribution in [-0.4, -0.2) is 40.8 Å². The lowest BCUT2D eigenvalue weighted by molar-refractivity contribution is -0.134. The number of carbonyl (C=O) groups excluding carboxylic acids is 1. The van der Waals surface area contributed by atoms with E-state index in [2.05, 4.69) is 11.0 Å². The smallest absolute Gasteiger partial charge is 0.224 e. The molecule has 0 unspecified atom stereocenters. The maximum Gasteiger partial charge on any atom is 0.224 e. The van der Waals surface area contributed by atoms with Gasteiger partial charge >= 0.3 is 0 Å². The molecule has 7 heteroatoms. The Hall–Kier alpha value is -3.53. The Morgan fingerprint density at radius 2 is 1.82 bits per heavy atom. The van der Waals surface area contributed by atoms with Crippen LogP contribution in [0.25, 0.3) is 0 Å². The van der Waals surface area contributed by atoms with Crippen LogP contribution >= 0.6 is 0 Å². The molecule has 0 spiro atoms. The third-order valence-corrected chi connectivity index (χ3v) is 8.70. The summed E-state index contributed by atoms with van der Waals surface area (Å²) in [6.07, 6.45) is 9.86. The summed E-state index contributed by atoms with van der Waals surface area (Å²) >= 11 is 0. The van der Waals surface area contributed by atoms with Crippen LogP contribution in [0.15, 0.2) is 53.5 Å². The number of rotatable bonds is 7. The van der Waals surface area contributed by atoms with Crippen molar-refractivity contribution in [1.29, 1.82) is 5.26 Å². The van der Waals surface area contributed by atoms with Crippen molar-refractivity contribution in [2.75, 3.05) is 7.05 Å². The number of benzene rings is 2. The Bertz CT molecular complexity index is 1180. The highest BCUT2D eigenvalue weighted by Gasteiger charge is 2.36. The summed E-state index contributed by atoms with van der Waals surface area (Å²) in [5.74, 6) is 2.76. The van der Waals surface area contributed by atoms with E-state index in [1.807, 2.05) is 60.5 Å². The molecule has 2 aromatic carbocycles. The zero-order valence-electron chi connectivity index (χ0n) is 22.4. The zero-order chi connectivity index (χ0) is 26.5. The lowest BCUT2D eigenvalue weighted by Crippen LogP contribution is -2.51. The lowest BCUT2D eigenvalue weighted by atomic mass is 9.81. The normalized spacial score (nSPS) is 22.5. The Morgan fingerprint density at radius 3 is 2.53 bits per heavy atom.